The zero-order valence-corrected chi connectivity index (χ0v) is 36.3. The van der Waals surface area contributed by atoms with Crippen LogP contribution in [0.3, 0.4) is 0 Å². The van der Waals surface area contributed by atoms with Crippen LogP contribution in [-0.2, 0) is 33.3 Å². The standard InChI is InChI=1S/C44H48N2O21/c1-13-8-20-28(35(56)25(13)41(60)45-14(2)42(61)62)27-18(11-19-29(36(27)57)32(53)17-9-16(63-5)10-21(47)26(17)31(19)52)33(54)39(20)66-44-38(59)40(67-43-37(58)34(55)22(48)12-64-43)30(15(3)65-44)46(4)23(49)6-7-24(50)51/h8-11,14-15,22,30,33-34,37-40,43-44,47-48,54-59H,6-7,12H2,1-5H3,(H,45,60)(H,50,51)(H,61,62)/t14?,15?,22?,30?,33-,34?,37?,38?,39-,40?,43?,44?/m0/s1. The largest absolute Gasteiger partial charge is 0.507 e. The number of carbonyl (C=O) groups excluding carboxylic acids is 4. The van der Waals surface area contributed by atoms with Gasteiger partial charge in [0.1, 0.15) is 71.8 Å². The number of aliphatic hydroxyl groups is 5. The smallest absolute Gasteiger partial charge is 0.325 e. The summed E-state index contributed by atoms with van der Waals surface area (Å²) >= 11 is 0. The Labute approximate surface area is 379 Å². The number of hydrogen-bond donors (Lipinski definition) is 11. The van der Waals surface area contributed by atoms with Crippen molar-refractivity contribution in [1.82, 2.24) is 10.2 Å². The van der Waals surface area contributed by atoms with Gasteiger partial charge in [-0.1, -0.05) is 6.07 Å². The maximum Gasteiger partial charge on any atom is 0.325 e. The number of carboxylic acids is 2. The molecule has 3 aromatic carbocycles. The number of phenols is 3. The van der Waals surface area contributed by atoms with Crippen LogP contribution in [0.4, 0.5) is 0 Å². The van der Waals surface area contributed by atoms with Gasteiger partial charge in [-0.25, -0.2) is 0 Å². The number of methoxy groups -OCH3 is 1. The van der Waals surface area contributed by atoms with E-state index in [0.717, 1.165) is 30.0 Å². The van der Waals surface area contributed by atoms with Crippen molar-refractivity contribution in [3.05, 3.63) is 68.8 Å². The maximum absolute atomic E-state index is 14.2. The van der Waals surface area contributed by atoms with Gasteiger partial charge in [-0.3, -0.25) is 28.8 Å². The minimum Gasteiger partial charge on any atom is -0.507 e. The third-order valence-corrected chi connectivity index (χ3v) is 12.4. The highest BCUT2D eigenvalue weighted by atomic mass is 16.7. The Bertz CT molecular complexity index is 2560. The molecular weight excluding hydrogens is 892 g/mol. The third kappa shape index (κ3) is 8.42. The predicted molar refractivity (Wildman–Crippen MR) is 221 cm³/mol. The number of carbonyl (C=O) groups is 6. The van der Waals surface area contributed by atoms with Crippen molar-refractivity contribution in [2.45, 2.75) is 107 Å². The van der Waals surface area contributed by atoms with Crippen LogP contribution in [0.1, 0.15) is 97.8 Å². The van der Waals surface area contributed by atoms with Crippen LogP contribution in [0.25, 0.3) is 11.1 Å². The third-order valence-electron chi connectivity index (χ3n) is 12.4. The number of hydrogen-bond acceptors (Lipinski definition) is 19. The molecule has 4 aliphatic rings. The SMILES string of the molecule is COc1cc(O)c2c(c1)C(=O)c1c(cc3c(c1O)-c1c(cc(C)c(C(=O)NC(C)C(=O)O)c1O)[C@H](OC1OC(C)C(N(C)C(=O)CCC(=O)O)C(OC4OCC(O)C(O)C4O)C1O)[C@H]3O)C2=O. The molecule has 23 nitrogen and oxygen atoms in total. The minimum atomic E-state index is -2.04. The molecule has 12 atom stereocenters. The summed E-state index contributed by atoms with van der Waals surface area (Å²) in [5, 5.41) is 112. The molecule has 67 heavy (non-hydrogen) atoms. The quantitative estimate of drug-likeness (QED) is 0.0852. The minimum absolute atomic E-state index is 0.0194. The maximum atomic E-state index is 14.2. The van der Waals surface area contributed by atoms with E-state index in [9.17, 15) is 79.8 Å². The first-order valence-electron chi connectivity index (χ1n) is 20.8. The molecule has 2 amide bonds. The van der Waals surface area contributed by atoms with Gasteiger partial charge >= 0.3 is 11.9 Å². The van der Waals surface area contributed by atoms with Gasteiger partial charge in [0.15, 0.2) is 24.1 Å². The fourth-order valence-electron chi connectivity index (χ4n) is 8.97. The molecule has 23 heteroatoms. The highest BCUT2D eigenvalue weighted by Gasteiger charge is 2.53. The van der Waals surface area contributed by atoms with Gasteiger partial charge < -0.3 is 85.0 Å². The number of rotatable bonds is 12. The average Bonchev–Trinajstić information content (AvgIpc) is 3.26. The molecule has 7 rings (SSSR count). The Morgan fingerprint density at radius 3 is 2.10 bits per heavy atom. The predicted octanol–water partition coefficient (Wildman–Crippen LogP) is -0.508. The number of ketones is 2. The number of amides is 2. The van der Waals surface area contributed by atoms with Gasteiger partial charge in [-0.05, 0) is 49.6 Å². The van der Waals surface area contributed by atoms with Crippen molar-refractivity contribution in [2.24, 2.45) is 0 Å². The topological polar surface area (TPSA) is 366 Å². The summed E-state index contributed by atoms with van der Waals surface area (Å²) in [4.78, 5) is 79.3. The van der Waals surface area contributed by atoms with E-state index < -0.39 is 184 Å². The van der Waals surface area contributed by atoms with Crippen LogP contribution in [0.15, 0.2) is 24.3 Å². The average molecular weight is 941 g/mol. The second kappa shape index (κ2) is 18.4. The number of phenolic OH excluding ortho intramolecular Hbond substituents is 3. The lowest BCUT2D eigenvalue weighted by atomic mass is 9.74. The van der Waals surface area contributed by atoms with E-state index in [1.807, 2.05) is 0 Å². The van der Waals surface area contributed by atoms with Gasteiger partial charge in [0.25, 0.3) is 5.91 Å². The molecule has 2 aliphatic carbocycles. The van der Waals surface area contributed by atoms with Crippen LogP contribution >= 0.6 is 0 Å². The van der Waals surface area contributed by atoms with E-state index in [0.29, 0.717) is 0 Å². The van der Waals surface area contributed by atoms with Crippen molar-refractivity contribution in [3.8, 4) is 34.1 Å². The van der Waals surface area contributed by atoms with Crippen LogP contribution in [-0.4, -0.2) is 173 Å². The lowest BCUT2D eigenvalue weighted by molar-refractivity contribution is -0.345. The van der Waals surface area contributed by atoms with Crippen LogP contribution in [0.5, 0.6) is 23.0 Å². The van der Waals surface area contributed by atoms with E-state index in [2.05, 4.69) is 5.32 Å². The fourth-order valence-corrected chi connectivity index (χ4v) is 8.97. The van der Waals surface area contributed by atoms with Crippen molar-refractivity contribution in [2.75, 3.05) is 20.8 Å². The number of carboxylic acid groups (broad SMARTS) is 2. The molecule has 360 valence electrons. The van der Waals surface area contributed by atoms with Crippen molar-refractivity contribution in [1.29, 1.82) is 0 Å². The number of nitrogens with zero attached hydrogens (tertiary/aromatic N) is 1. The summed E-state index contributed by atoms with van der Waals surface area (Å²) in [6.45, 7) is 3.37. The van der Waals surface area contributed by atoms with E-state index >= 15 is 0 Å². The lowest BCUT2D eigenvalue weighted by Gasteiger charge is -2.49. The number of nitrogens with one attached hydrogen (secondary N) is 1. The first-order valence-corrected chi connectivity index (χ1v) is 20.8. The molecular formula is C44H48N2O21. The van der Waals surface area contributed by atoms with Gasteiger partial charge in [-0.2, -0.15) is 0 Å². The summed E-state index contributed by atoms with van der Waals surface area (Å²) in [6.07, 6.45) is -18.8. The summed E-state index contributed by atoms with van der Waals surface area (Å²) < 4.78 is 29.1. The zero-order chi connectivity index (χ0) is 49.2. The number of fused-ring (bicyclic) bond motifs is 5. The number of benzene rings is 3. The number of aryl methyl sites for hydroxylation is 1. The molecule has 2 heterocycles. The molecule has 3 aromatic rings. The Balaban J connectivity index is 1.36. The Hall–Kier alpha value is -6.28. The molecule has 2 saturated heterocycles. The normalized spacial score (nSPS) is 28.0. The molecule has 10 unspecified atom stereocenters. The van der Waals surface area contributed by atoms with Crippen molar-refractivity contribution in [3.63, 3.8) is 0 Å². The second-order valence-corrected chi connectivity index (χ2v) is 16.7. The van der Waals surface area contributed by atoms with E-state index in [-0.39, 0.29) is 22.4 Å². The van der Waals surface area contributed by atoms with Crippen LogP contribution in [0, 0.1) is 6.92 Å². The summed E-state index contributed by atoms with van der Waals surface area (Å²) in [5.41, 5.74) is -4.05. The molecule has 0 bridgehead atoms. The van der Waals surface area contributed by atoms with E-state index in [1.54, 1.807) is 0 Å². The summed E-state index contributed by atoms with van der Waals surface area (Å²) in [6, 6.07) is 1.69. The summed E-state index contributed by atoms with van der Waals surface area (Å²) in [5.74, 6) is -9.07. The number of aliphatic carboxylic acids is 2. The molecule has 0 aromatic heterocycles. The van der Waals surface area contributed by atoms with Gasteiger partial charge in [0.2, 0.25) is 5.91 Å². The van der Waals surface area contributed by atoms with E-state index in [4.69, 9.17) is 23.7 Å². The molecule has 2 fully saturated rings. The number of aromatic hydroxyl groups is 3. The number of ether oxygens (including phenoxy) is 5. The first kappa shape index (κ1) is 48.6. The fraction of sp³-hybridized carbons (Fsp3) is 0.455. The van der Waals surface area contributed by atoms with Crippen LogP contribution < -0.4 is 10.1 Å². The first-order chi connectivity index (χ1) is 31.5. The number of aliphatic hydroxyl groups excluding tert-OH is 5. The highest BCUT2D eigenvalue weighted by molar-refractivity contribution is 6.31. The van der Waals surface area contributed by atoms with E-state index in [1.165, 1.54) is 34.1 Å². The lowest BCUT2D eigenvalue weighted by Crippen LogP contribution is -2.66. The zero-order valence-electron chi connectivity index (χ0n) is 36.3. The Morgan fingerprint density at radius 1 is 0.821 bits per heavy atom. The molecule has 2 aliphatic heterocycles. The number of likely N-dealkylation sites (N-methyl/N-ethyl adjacent to an activating group) is 1. The molecule has 0 radical (unpaired) electrons. The van der Waals surface area contributed by atoms with Gasteiger partial charge in [0, 0.05) is 41.8 Å². The molecule has 0 spiro atoms. The van der Waals surface area contributed by atoms with Gasteiger partial charge in [-0.15, -0.1) is 0 Å². The van der Waals surface area contributed by atoms with Gasteiger partial charge in [0.05, 0.1) is 49.0 Å². The monoisotopic (exact) mass is 940 g/mol. The Morgan fingerprint density at radius 2 is 1.46 bits per heavy atom. The Kier molecular flexibility index (Phi) is 13.4. The second-order valence-electron chi connectivity index (χ2n) is 16.7. The van der Waals surface area contributed by atoms with Crippen molar-refractivity contribution < 1.29 is 104 Å². The van der Waals surface area contributed by atoms with Crippen LogP contribution in [0.2, 0.25) is 0 Å². The summed E-state index contributed by atoms with van der Waals surface area (Å²) in [7, 11) is 2.50. The molecule has 11 N–H and O–H groups in total. The van der Waals surface area contributed by atoms with Crippen molar-refractivity contribution >= 4 is 35.3 Å². The highest BCUT2D eigenvalue weighted by Crippen LogP contribution is 2.57. The molecule has 0 saturated carbocycles.